The van der Waals surface area contributed by atoms with E-state index in [1.807, 2.05) is 48.5 Å². The molecule has 0 aliphatic carbocycles. The molecule has 6 atom stereocenters. The van der Waals surface area contributed by atoms with Gasteiger partial charge in [-0.2, -0.15) is 23.5 Å². The van der Waals surface area contributed by atoms with Crippen LogP contribution in [0.4, 0.5) is 0 Å². The zero-order valence-corrected chi connectivity index (χ0v) is 31.6. The molecule has 0 aromatic heterocycles. The van der Waals surface area contributed by atoms with E-state index in [0.717, 1.165) is 64.9 Å². The summed E-state index contributed by atoms with van der Waals surface area (Å²) in [6, 6.07) is 33.1. The Kier molecular flexibility index (Phi) is 14.5. The number of benzene rings is 4. The first-order chi connectivity index (χ1) is 25.5. The van der Waals surface area contributed by atoms with Crippen LogP contribution in [0.5, 0.6) is 23.0 Å². The predicted molar refractivity (Wildman–Crippen MR) is 209 cm³/mol. The number of hydrogen-bond acceptors (Lipinski definition) is 10. The van der Waals surface area contributed by atoms with E-state index in [9.17, 15) is 10.2 Å². The molecule has 2 saturated heterocycles. The van der Waals surface area contributed by atoms with Crippen LogP contribution in [-0.2, 0) is 9.47 Å². The second-order valence-electron chi connectivity index (χ2n) is 13.0. The standard InChI is InChI=1S/C42H50O8S2/c1-3-51-27-33(43)23-46-35-13-5-29(6-14-35)41(31-9-17-37(18-10-31)48-25-39-26-49-39)42(32-11-19-38(20-12-32)50-40-21-22-45-40)30-7-15-36(16-8-30)47-24-34(44)28-52-4-2/h5-20,33-34,39-44H,3-4,21-28H2,1-2H3. The van der Waals surface area contributed by atoms with Gasteiger partial charge in [0.2, 0.25) is 6.29 Å². The van der Waals surface area contributed by atoms with Gasteiger partial charge in [-0.3, -0.25) is 0 Å². The highest BCUT2D eigenvalue weighted by atomic mass is 32.2. The van der Waals surface area contributed by atoms with Gasteiger partial charge in [0.25, 0.3) is 0 Å². The van der Waals surface area contributed by atoms with Crippen LogP contribution in [0.2, 0.25) is 0 Å². The van der Waals surface area contributed by atoms with Crippen LogP contribution in [0.25, 0.3) is 0 Å². The van der Waals surface area contributed by atoms with Crippen molar-refractivity contribution in [2.45, 2.75) is 56.7 Å². The van der Waals surface area contributed by atoms with Crippen molar-refractivity contribution in [3.63, 3.8) is 0 Å². The summed E-state index contributed by atoms with van der Waals surface area (Å²) in [6.07, 6.45) is -0.180. The van der Waals surface area contributed by atoms with Gasteiger partial charge in [-0.05, 0) is 82.3 Å². The van der Waals surface area contributed by atoms with E-state index in [1.165, 1.54) is 0 Å². The molecule has 2 heterocycles. The summed E-state index contributed by atoms with van der Waals surface area (Å²) in [5, 5.41) is 20.7. The molecule has 0 radical (unpaired) electrons. The third-order valence-electron chi connectivity index (χ3n) is 8.97. The van der Waals surface area contributed by atoms with E-state index >= 15 is 0 Å². The van der Waals surface area contributed by atoms with Gasteiger partial charge in [0, 0.05) is 29.8 Å². The van der Waals surface area contributed by atoms with Gasteiger partial charge in [0.15, 0.2) is 0 Å². The third kappa shape index (κ3) is 11.3. The highest BCUT2D eigenvalue weighted by molar-refractivity contribution is 7.99. The minimum absolute atomic E-state index is 0.0946. The Morgan fingerprint density at radius 2 is 0.981 bits per heavy atom. The van der Waals surface area contributed by atoms with Crippen LogP contribution in [-0.4, -0.2) is 90.9 Å². The average molecular weight is 747 g/mol. The van der Waals surface area contributed by atoms with Gasteiger partial charge >= 0.3 is 0 Å². The van der Waals surface area contributed by atoms with Gasteiger partial charge in [-0.15, -0.1) is 0 Å². The molecular formula is C42H50O8S2. The summed E-state index contributed by atoms with van der Waals surface area (Å²) < 4.78 is 34.8. The Bertz CT molecular complexity index is 1610. The van der Waals surface area contributed by atoms with Gasteiger partial charge in [-0.25, -0.2) is 0 Å². The fraction of sp³-hybridized carbons (Fsp3) is 0.429. The molecule has 2 aliphatic rings. The van der Waals surface area contributed by atoms with Crippen LogP contribution in [0.3, 0.4) is 0 Å². The topological polar surface area (TPSA) is 99.1 Å². The molecule has 6 rings (SSSR count). The zero-order chi connectivity index (χ0) is 36.1. The molecule has 2 N–H and O–H groups in total. The smallest absolute Gasteiger partial charge is 0.202 e. The normalized spacial score (nSPS) is 18.8. The lowest BCUT2D eigenvalue weighted by Gasteiger charge is -2.30. The van der Waals surface area contributed by atoms with Crippen LogP contribution < -0.4 is 18.9 Å². The number of rotatable bonds is 22. The predicted octanol–water partition coefficient (Wildman–Crippen LogP) is 7.54. The fourth-order valence-corrected chi connectivity index (χ4v) is 7.23. The molecule has 278 valence electrons. The van der Waals surface area contributed by atoms with Crippen LogP contribution in [0.15, 0.2) is 97.1 Å². The SMILES string of the molecule is CCSCC(O)COc1ccc(C(c2ccc(OCC3CO3)cc2)C(c2ccc(OCC(O)CSCC)cc2)c2ccc(OC3CCO3)cc2)cc1. The number of epoxide rings is 1. The Labute approximate surface area is 316 Å². The molecule has 4 aromatic carbocycles. The average Bonchev–Trinajstić information content (AvgIpc) is 4.00. The van der Waals surface area contributed by atoms with Crippen molar-refractivity contribution in [2.75, 3.05) is 56.0 Å². The van der Waals surface area contributed by atoms with Crippen LogP contribution in [0, 0.1) is 0 Å². The molecule has 2 aliphatic heterocycles. The largest absolute Gasteiger partial charge is 0.491 e. The Morgan fingerprint density at radius 3 is 1.33 bits per heavy atom. The van der Waals surface area contributed by atoms with Gasteiger partial charge in [0.05, 0.1) is 25.4 Å². The van der Waals surface area contributed by atoms with Crippen LogP contribution >= 0.6 is 23.5 Å². The van der Waals surface area contributed by atoms with E-state index in [0.29, 0.717) is 29.6 Å². The molecule has 4 aromatic rings. The summed E-state index contributed by atoms with van der Waals surface area (Å²) in [5.74, 6) is 6.02. The highest BCUT2D eigenvalue weighted by Gasteiger charge is 2.30. The quantitative estimate of drug-likeness (QED) is 0.0786. The minimum atomic E-state index is -0.526. The van der Waals surface area contributed by atoms with Crippen LogP contribution in [0.1, 0.15) is 54.4 Å². The molecule has 52 heavy (non-hydrogen) atoms. The molecule has 10 heteroatoms. The van der Waals surface area contributed by atoms with E-state index < -0.39 is 12.2 Å². The Balaban J connectivity index is 1.31. The number of hydrogen-bond donors (Lipinski definition) is 2. The molecule has 8 nitrogen and oxygen atoms in total. The van der Waals surface area contributed by atoms with E-state index in [1.54, 1.807) is 23.5 Å². The highest BCUT2D eigenvalue weighted by Crippen LogP contribution is 2.44. The third-order valence-corrected chi connectivity index (χ3v) is 11.0. The van der Waals surface area contributed by atoms with Crippen molar-refractivity contribution in [3.8, 4) is 23.0 Å². The number of ether oxygens (including phenoxy) is 6. The second-order valence-corrected chi connectivity index (χ2v) is 15.6. The molecular weight excluding hydrogens is 697 g/mol. The maximum Gasteiger partial charge on any atom is 0.202 e. The molecule has 6 unspecified atom stereocenters. The summed E-state index contributed by atoms with van der Waals surface area (Å²) in [6.45, 7) is 6.67. The minimum Gasteiger partial charge on any atom is -0.491 e. The van der Waals surface area contributed by atoms with Gasteiger partial charge in [-0.1, -0.05) is 62.4 Å². The molecule has 2 fully saturated rings. The van der Waals surface area contributed by atoms with Crippen molar-refractivity contribution in [2.24, 2.45) is 0 Å². The maximum absolute atomic E-state index is 10.4. The second kappa shape index (κ2) is 19.6. The van der Waals surface area contributed by atoms with E-state index in [2.05, 4.69) is 62.4 Å². The van der Waals surface area contributed by atoms with E-state index in [-0.39, 0.29) is 37.4 Å². The Hall–Kier alpha value is -3.38. The van der Waals surface area contributed by atoms with Crippen molar-refractivity contribution in [1.29, 1.82) is 0 Å². The van der Waals surface area contributed by atoms with Crippen molar-refractivity contribution in [1.82, 2.24) is 0 Å². The Morgan fingerprint density at radius 1 is 0.596 bits per heavy atom. The maximum atomic E-state index is 10.4. The lowest BCUT2D eigenvalue weighted by atomic mass is 9.73. The molecule has 0 saturated carbocycles. The molecule has 0 bridgehead atoms. The first-order valence-electron chi connectivity index (χ1n) is 18.2. The number of thioether (sulfide) groups is 2. The number of aliphatic hydroxyl groups is 2. The lowest BCUT2D eigenvalue weighted by Crippen LogP contribution is -2.32. The van der Waals surface area contributed by atoms with Crippen molar-refractivity contribution < 1.29 is 38.6 Å². The summed E-state index contributed by atoms with van der Waals surface area (Å²) >= 11 is 3.40. The first kappa shape index (κ1) is 38.3. The monoisotopic (exact) mass is 746 g/mol. The number of aliphatic hydroxyl groups excluding tert-OH is 2. The summed E-state index contributed by atoms with van der Waals surface area (Å²) in [5.41, 5.74) is 4.47. The van der Waals surface area contributed by atoms with Gasteiger partial charge < -0.3 is 38.6 Å². The van der Waals surface area contributed by atoms with E-state index in [4.69, 9.17) is 28.4 Å². The fourth-order valence-electron chi connectivity index (χ4n) is 6.02. The zero-order valence-electron chi connectivity index (χ0n) is 29.9. The summed E-state index contributed by atoms with van der Waals surface area (Å²) in [7, 11) is 0. The summed E-state index contributed by atoms with van der Waals surface area (Å²) in [4.78, 5) is 0. The lowest BCUT2D eigenvalue weighted by molar-refractivity contribution is -0.165. The van der Waals surface area contributed by atoms with Gasteiger partial charge in [0.1, 0.15) is 48.9 Å². The van der Waals surface area contributed by atoms with Crippen molar-refractivity contribution >= 4 is 23.5 Å². The van der Waals surface area contributed by atoms with Crippen molar-refractivity contribution in [3.05, 3.63) is 119 Å². The molecule has 0 spiro atoms. The first-order valence-corrected chi connectivity index (χ1v) is 20.5. The molecule has 0 amide bonds.